The van der Waals surface area contributed by atoms with E-state index in [0.29, 0.717) is 28.2 Å². The van der Waals surface area contributed by atoms with Gasteiger partial charge in [0.1, 0.15) is 19.2 Å². The molecule has 0 unspecified atom stereocenters. The van der Waals surface area contributed by atoms with Gasteiger partial charge in [0.2, 0.25) is 6.79 Å². The second kappa shape index (κ2) is 7.32. The molecule has 0 aliphatic carbocycles. The highest BCUT2D eigenvalue weighted by molar-refractivity contribution is 5.96. The summed E-state index contributed by atoms with van der Waals surface area (Å²) >= 11 is 0. The molecule has 140 valence electrons. The first-order valence-corrected chi connectivity index (χ1v) is 8.48. The highest BCUT2D eigenvalue weighted by Gasteiger charge is 2.17. The van der Waals surface area contributed by atoms with Crippen molar-refractivity contribution in [3.63, 3.8) is 0 Å². The van der Waals surface area contributed by atoms with Crippen LogP contribution in [0.25, 0.3) is 5.52 Å². The van der Waals surface area contributed by atoms with Crippen LogP contribution in [-0.4, -0.2) is 29.6 Å². The summed E-state index contributed by atoms with van der Waals surface area (Å²) in [5, 5.41) is 11.9. The maximum absolute atomic E-state index is 12.2. The van der Waals surface area contributed by atoms with Gasteiger partial charge in [0.05, 0.1) is 11.1 Å². The monoisotopic (exact) mass is 377 g/mol. The molecule has 1 aliphatic rings. The zero-order valence-electron chi connectivity index (χ0n) is 14.7. The molecule has 0 bridgehead atoms. The Balaban J connectivity index is 1.34. The van der Waals surface area contributed by atoms with Crippen molar-refractivity contribution >= 4 is 17.4 Å². The molecule has 1 N–H and O–H groups in total. The van der Waals surface area contributed by atoms with Crippen LogP contribution in [0.4, 0.5) is 0 Å². The lowest BCUT2D eigenvalue weighted by Crippen LogP contribution is -2.30. The number of carbonyl (C=O) groups is 2. The third kappa shape index (κ3) is 3.33. The molecule has 3 heterocycles. The molecular formula is C20H15N3O5. The summed E-state index contributed by atoms with van der Waals surface area (Å²) in [5.41, 5.74) is 2.15. The van der Waals surface area contributed by atoms with Crippen LogP contribution in [0.15, 0.2) is 48.8 Å². The Morgan fingerprint density at radius 2 is 2.07 bits per heavy atom. The molecule has 8 nitrogen and oxygen atoms in total. The number of carbonyl (C=O) groups excluding carboxylic acids is 2. The van der Waals surface area contributed by atoms with Crippen molar-refractivity contribution in [3.8, 4) is 17.6 Å². The summed E-state index contributed by atoms with van der Waals surface area (Å²) in [6.45, 7) is -0.224. The van der Waals surface area contributed by atoms with E-state index < -0.39 is 11.9 Å². The number of nitrogens with one attached hydrogen (secondary N) is 1. The first kappa shape index (κ1) is 17.4. The van der Waals surface area contributed by atoms with Crippen LogP contribution >= 0.6 is 0 Å². The van der Waals surface area contributed by atoms with Gasteiger partial charge in [0, 0.05) is 23.5 Å². The summed E-state index contributed by atoms with van der Waals surface area (Å²) in [6, 6.07) is 12.4. The summed E-state index contributed by atoms with van der Waals surface area (Å²) in [6.07, 6.45) is 3.56. The van der Waals surface area contributed by atoms with E-state index >= 15 is 0 Å². The predicted molar refractivity (Wildman–Crippen MR) is 96.8 cm³/mol. The lowest BCUT2D eigenvalue weighted by atomic mass is 10.2. The fourth-order valence-corrected chi connectivity index (χ4v) is 2.92. The van der Waals surface area contributed by atoms with Gasteiger partial charge in [0.25, 0.3) is 5.91 Å². The molecule has 4 rings (SSSR count). The fraction of sp³-hybridized carbons (Fsp3) is 0.150. The summed E-state index contributed by atoms with van der Waals surface area (Å²) in [7, 11) is 0. The number of hydrogen-bond donors (Lipinski definition) is 1. The predicted octanol–water partition coefficient (Wildman–Crippen LogP) is 2.01. The Morgan fingerprint density at radius 1 is 1.21 bits per heavy atom. The summed E-state index contributed by atoms with van der Waals surface area (Å²) in [4.78, 5) is 24.2. The van der Waals surface area contributed by atoms with Gasteiger partial charge in [-0.25, -0.2) is 0 Å². The van der Waals surface area contributed by atoms with Crippen LogP contribution in [-0.2, 0) is 16.1 Å². The number of esters is 1. The Kier molecular flexibility index (Phi) is 4.56. The van der Waals surface area contributed by atoms with Crippen molar-refractivity contribution in [2.45, 2.75) is 6.61 Å². The van der Waals surface area contributed by atoms with Crippen molar-refractivity contribution in [3.05, 3.63) is 65.5 Å². The SMILES string of the molecule is N#Cc1c(COC(=O)CNC(=O)c2ccc3c(c2)OCO3)cn2ccccc12. The van der Waals surface area contributed by atoms with Gasteiger partial charge in [-0.3, -0.25) is 9.59 Å². The van der Waals surface area contributed by atoms with Crippen LogP contribution in [0.5, 0.6) is 11.5 Å². The van der Waals surface area contributed by atoms with Gasteiger partial charge in [0.15, 0.2) is 11.5 Å². The smallest absolute Gasteiger partial charge is 0.325 e. The summed E-state index contributed by atoms with van der Waals surface area (Å²) < 4.78 is 17.4. The van der Waals surface area contributed by atoms with E-state index in [0.717, 1.165) is 5.52 Å². The normalized spacial score (nSPS) is 11.8. The van der Waals surface area contributed by atoms with E-state index in [4.69, 9.17) is 14.2 Å². The summed E-state index contributed by atoms with van der Waals surface area (Å²) in [5.74, 6) is 0.0278. The van der Waals surface area contributed by atoms with Crippen LogP contribution in [0.1, 0.15) is 21.5 Å². The minimum atomic E-state index is -0.603. The van der Waals surface area contributed by atoms with Crippen molar-refractivity contribution in [1.82, 2.24) is 9.72 Å². The average Bonchev–Trinajstić information content (AvgIpc) is 3.33. The number of nitrogens with zero attached hydrogens (tertiary/aromatic N) is 2. The van der Waals surface area contributed by atoms with Gasteiger partial charge in [-0.15, -0.1) is 0 Å². The first-order valence-electron chi connectivity index (χ1n) is 8.48. The lowest BCUT2D eigenvalue weighted by molar-refractivity contribution is -0.143. The molecule has 0 saturated heterocycles. The molecule has 0 spiro atoms. The van der Waals surface area contributed by atoms with E-state index in [1.807, 2.05) is 24.4 Å². The standard InChI is InChI=1S/C20H15N3O5/c21-8-15-14(10-23-6-2-1-3-16(15)23)11-26-19(24)9-22-20(25)13-4-5-17-18(7-13)28-12-27-17/h1-7,10H,9,11-12H2,(H,22,25). The van der Waals surface area contributed by atoms with E-state index in [2.05, 4.69) is 11.4 Å². The Morgan fingerprint density at radius 3 is 2.93 bits per heavy atom. The number of aromatic nitrogens is 1. The second-order valence-corrected chi connectivity index (χ2v) is 6.05. The topological polar surface area (TPSA) is 102 Å². The van der Waals surface area contributed by atoms with Crippen LogP contribution in [0.3, 0.4) is 0 Å². The van der Waals surface area contributed by atoms with Crippen molar-refractivity contribution in [2.75, 3.05) is 13.3 Å². The molecular weight excluding hydrogens is 362 g/mol. The molecule has 8 heteroatoms. The van der Waals surface area contributed by atoms with E-state index in [1.54, 1.807) is 28.8 Å². The van der Waals surface area contributed by atoms with Crippen molar-refractivity contribution < 1.29 is 23.8 Å². The number of rotatable bonds is 5. The Labute approximate surface area is 159 Å². The molecule has 1 amide bonds. The third-order valence-corrected chi connectivity index (χ3v) is 4.29. The lowest BCUT2D eigenvalue weighted by Gasteiger charge is -2.07. The van der Waals surface area contributed by atoms with E-state index in [9.17, 15) is 14.9 Å². The van der Waals surface area contributed by atoms with Crippen LogP contribution in [0.2, 0.25) is 0 Å². The molecule has 0 fully saturated rings. The molecule has 2 aromatic heterocycles. The number of fused-ring (bicyclic) bond motifs is 2. The molecule has 3 aromatic rings. The number of hydrogen-bond acceptors (Lipinski definition) is 6. The fourth-order valence-electron chi connectivity index (χ4n) is 2.92. The largest absolute Gasteiger partial charge is 0.459 e. The second-order valence-electron chi connectivity index (χ2n) is 6.05. The van der Waals surface area contributed by atoms with E-state index in [-0.39, 0.29) is 19.9 Å². The molecule has 1 aliphatic heterocycles. The van der Waals surface area contributed by atoms with Gasteiger partial charge >= 0.3 is 5.97 Å². The third-order valence-electron chi connectivity index (χ3n) is 4.29. The minimum Gasteiger partial charge on any atom is -0.459 e. The van der Waals surface area contributed by atoms with Crippen molar-refractivity contribution in [1.29, 1.82) is 5.26 Å². The minimum absolute atomic E-state index is 0.0523. The van der Waals surface area contributed by atoms with Crippen LogP contribution < -0.4 is 14.8 Å². The number of amides is 1. The quantitative estimate of drug-likeness (QED) is 0.683. The highest BCUT2D eigenvalue weighted by Crippen LogP contribution is 2.32. The number of pyridine rings is 1. The van der Waals surface area contributed by atoms with E-state index in [1.165, 1.54) is 0 Å². The van der Waals surface area contributed by atoms with Gasteiger partial charge in [-0.2, -0.15) is 5.26 Å². The maximum atomic E-state index is 12.2. The molecule has 0 radical (unpaired) electrons. The van der Waals surface area contributed by atoms with Crippen LogP contribution in [0, 0.1) is 11.3 Å². The number of ether oxygens (including phenoxy) is 3. The average molecular weight is 377 g/mol. The zero-order valence-corrected chi connectivity index (χ0v) is 14.7. The molecule has 1 aromatic carbocycles. The maximum Gasteiger partial charge on any atom is 0.325 e. The molecule has 0 saturated carbocycles. The number of benzene rings is 1. The van der Waals surface area contributed by atoms with Crippen molar-refractivity contribution in [2.24, 2.45) is 0 Å². The molecule has 28 heavy (non-hydrogen) atoms. The first-order chi connectivity index (χ1) is 13.7. The number of nitriles is 1. The molecule has 0 atom stereocenters. The zero-order chi connectivity index (χ0) is 19.5. The highest BCUT2D eigenvalue weighted by atomic mass is 16.7. The van der Waals surface area contributed by atoms with Gasteiger partial charge in [-0.05, 0) is 30.3 Å². The van der Waals surface area contributed by atoms with Gasteiger partial charge in [-0.1, -0.05) is 6.07 Å². The Hall–Kier alpha value is -3.99. The van der Waals surface area contributed by atoms with Gasteiger partial charge < -0.3 is 23.9 Å². The Bertz CT molecular complexity index is 1110.